The molecule has 2 aromatic carbocycles. The first-order chi connectivity index (χ1) is 14.8. The van der Waals surface area contributed by atoms with Gasteiger partial charge in [-0.2, -0.15) is 0 Å². The van der Waals surface area contributed by atoms with Crippen LogP contribution in [0.15, 0.2) is 59.1 Å². The van der Waals surface area contributed by atoms with E-state index in [-0.39, 0.29) is 18.2 Å². The lowest BCUT2D eigenvalue weighted by atomic mass is 10.00. The predicted molar refractivity (Wildman–Crippen MR) is 104 cm³/mol. The smallest absolute Gasteiger partial charge is 0.497 e. The lowest BCUT2D eigenvalue weighted by molar-refractivity contribution is -0.274. The minimum atomic E-state index is -4.74. The molecule has 1 aromatic heterocycles. The molecule has 0 atom stereocenters. The number of hydrogen-bond acceptors (Lipinski definition) is 5. The molecule has 1 amide bonds. The van der Waals surface area contributed by atoms with E-state index in [1.165, 1.54) is 24.3 Å². The Morgan fingerprint density at radius 3 is 2.52 bits per heavy atom. The van der Waals surface area contributed by atoms with E-state index in [0.717, 1.165) is 5.56 Å². The summed E-state index contributed by atoms with van der Waals surface area (Å²) >= 11 is 0. The number of carbonyl (C=O) groups is 1. The molecule has 0 bridgehead atoms. The number of rotatable bonds is 7. The van der Waals surface area contributed by atoms with Crippen LogP contribution in [-0.4, -0.2) is 24.5 Å². The second-order valence-electron chi connectivity index (χ2n) is 7.26. The zero-order valence-electron chi connectivity index (χ0n) is 16.5. The number of methoxy groups -OCH3 is 1. The van der Waals surface area contributed by atoms with Crippen LogP contribution < -0.4 is 14.8 Å². The van der Waals surface area contributed by atoms with Crippen molar-refractivity contribution in [2.24, 2.45) is 0 Å². The van der Waals surface area contributed by atoms with Gasteiger partial charge in [0.1, 0.15) is 11.5 Å². The first kappa shape index (κ1) is 20.8. The minimum Gasteiger partial charge on any atom is -0.497 e. The largest absolute Gasteiger partial charge is 0.573 e. The lowest BCUT2D eigenvalue weighted by Crippen LogP contribution is -2.34. The first-order valence-corrected chi connectivity index (χ1v) is 9.54. The fourth-order valence-corrected chi connectivity index (χ4v) is 3.30. The zero-order chi connectivity index (χ0) is 22.1. The van der Waals surface area contributed by atoms with E-state index in [4.69, 9.17) is 9.26 Å². The van der Waals surface area contributed by atoms with Crippen LogP contribution in [0.5, 0.6) is 11.5 Å². The fraction of sp³-hybridized carbons (Fsp3) is 0.273. The highest BCUT2D eigenvalue weighted by atomic mass is 19.4. The molecule has 0 spiro atoms. The summed E-state index contributed by atoms with van der Waals surface area (Å²) in [6.07, 6.45) is -3.46. The average molecular weight is 432 g/mol. The highest BCUT2D eigenvalue weighted by molar-refractivity contribution is 5.91. The quantitative estimate of drug-likeness (QED) is 0.591. The maximum absolute atomic E-state index is 12.8. The van der Waals surface area contributed by atoms with E-state index in [1.807, 2.05) is 24.3 Å². The van der Waals surface area contributed by atoms with Gasteiger partial charge in [-0.1, -0.05) is 29.4 Å². The van der Waals surface area contributed by atoms with Gasteiger partial charge >= 0.3 is 6.36 Å². The van der Waals surface area contributed by atoms with E-state index in [1.54, 1.807) is 13.2 Å². The Kier molecular flexibility index (Phi) is 5.34. The van der Waals surface area contributed by atoms with Gasteiger partial charge in [0.25, 0.3) is 0 Å². The Labute approximate surface area is 175 Å². The van der Waals surface area contributed by atoms with Crippen molar-refractivity contribution in [2.75, 3.05) is 7.11 Å². The molecule has 0 radical (unpaired) electrons. The van der Waals surface area contributed by atoms with E-state index >= 15 is 0 Å². The highest BCUT2D eigenvalue weighted by Crippen LogP contribution is 2.48. The number of ether oxygens (including phenoxy) is 2. The van der Waals surface area contributed by atoms with E-state index in [0.29, 0.717) is 35.6 Å². The van der Waals surface area contributed by atoms with Gasteiger partial charge in [0.2, 0.25) is 5.91 Å². The summed E-state index contributed by atoms with van der Waals surface area (Å²) in [5, 5.41) is 6.94. The molecule has 162 valence electrons. The standard InChI is InChI=1S/C22H19F3N2O4/c1-29-17-4-2-3-15(11-17)18-12-19(27-31-18)21(9-10-21)20(28)26-13-14-5-7-16(8-6-14)30-22(23,24)25/h2-8,11-12H,9-10,13H2,1H3,(H,26,28). The number of hydrogen-bond donors (Lipinski definition) is 1. The van der Waals surface area contributed by atoms with Crippen molar-refractivity contribution in [1.29, 1.82) is 0 Å². The molecule has 0 aliphatic heterocycles. The van der Waals surface area contributed by atoms with Crippen LogP contribution in [0.4, 0.5) is 13.2 Å². The maximum atomic E-state index is 12.8. The second kappa shape index (κ2) is 7.98. The van der Waals surface area contributed by atoms with Gasteiger partial charge in [-0.15, -0.1) is 13.2 Å². The SMILES string of the molecule is COc1cccc(-c2cc(C3(C(=O)NCc4ccc(OC(F)(F)F)cc4)CC3)no2)c1. The molecule has 1 saturated carbocycles. The summed E-state index contributed by atoms with van der Waals surface area (Å²) in [6.45, 7) is 0.174. The summed E-state index contributed by atoms with van der Waals surface area (Å²) in [7, 11) is 1.57. The van der Waals surface area contributed by atoms with Crippen LogP contribution in [0.3, 0.4) is 0 Å². The van der Waals surface area contributed by atoms with Crippen molar-refractivity contribution in [2.45, 2.75) is 31.2 Å². The minimum absolute atomic E-state index is 0.174. The van der Waals surface area contributed by atoms with Gasteiger partial charge in [-0.05, 0) is 42.7 Å². The number of nitrogens with one attached hydrogen (secondary N) is 1. The Hall–Kier alpha value is -3.49. The Bertz CT molecular complexity index is 1070. The summed E-state index contributed by atoms with van der Waals surface area (Å²) in [6, 6.07) is 14.4. The molecule has 1 N–H and O–H groups in total. The number of carbonyl (C=O) groups excluding carboxylic acids is 1. The molecular formula is C22H19F3N2O4. The predicted octanol–water partition coefficient (Wildman–Crippen LogP) is 4.60. The molecule has 31 heavy (non-hydrogen) atoms. The number of aromatic nitrogens is 1. The third-order valence-corrected chi connectivity index (χ3v) is 5.15. The third kappa shape index (κ3) is 4.65. The fourth-order valence-electron chi connectivity index (χ4n) is 3.30. The summed E-state index contributed by atoms with van der Waals surface area (Å²) in [5.41, 5.74) is 1.24. The number of amides is 1. The number of alkyl halides is 3. The van der Waals surface area contributed by atoms with Crippen molar-refractivity contribution < 1.29 is 32.0 Å². The van der Waals surface area contributed by atoms with Crippen molar-refractivity contribution in [3.8, 4) is 22.8 Å². The van der Waals surface area contributed by atoms with E-state index in [9.17, 15) is 18.0 Å². The average Bonchev–Trinajstić information content (AvgIpc) is 3.41. The van der Waals surface area contributed by atoms with Gasteiger partial charge in [0.15, 0.2) is 5.76 Å². The molecule has 4 rings (SSSR count). The Morgan fingerprint density at radius 2 is 1.87 bits per heavy atom. The topological polar surface area (TPSA) is 73.6 Å². The van der Waals surface area contributed by atoms with Gasteiger partial charge in [0.05, 0.1) is 18.2 Å². The molecule has 0 unspecified atom stereocenters. The molecule has 3 aromatic rings. The molecular weight excluding hydrogens is 413 g/mol. The molecule has 1 aliphatic carbocycles. The third-order valence-electron chi connectivity index (χ3n) is 5.15. The lowest BCUT2D eigenvalue weighted by Gasteiger charge is -2.13. The number of nitrogens with zero attached hydrogens (tertiary/aromatic N) is 1. The van der Waals surface area contributed by atoms with E-state index < -0.39 is 11.8 Å². The normalized spacial score (nSPS) is 14.7. The molecule has 9 heteroatoms. The van der Waals surface area contributed by atoms with Gasteiger partial charge in [-0.25, -0.2) is 0 Å². The molecule has 6 nitrogen and oxygen atoms in total. The van der Waals surface area contributed by atoms with Gasteiger partial charge < -0.3 is 19.3 Å². The van der Waals surface area contributed by atoms with Gasteiger partial charge in [0, 0.05) is 18.2 Å². The van der Waals surface area contributed by atoms with Crippen molar-refractivity contribution in [3.63, 3.8) is 0 Å². The molecule has 0 saturated heterocycles. The monoisotopic (exact) mass is 432 g/mol. The van der Waals surface area contributed by atoms with Crippen LogP contribution in [0.2, 0.25) is 0 Å². The summed E-state index contributed by atoms with van der Waals surface area (Å²) in [5.74, 6) is 0.705. The highest BCUT2D eigenvalue weighted by Gasteiger charge is 2.53. The van der Waals surface area contributed by atoms with Crippen molar-refractivity contribution in [3.05, 3.63) is 65.9 Å². The molecule has 1 fully saturated rings. The first-order valence-electron chi connectivity index (χ1n) is 9.54. The summed E-state index contributed by atoms with van der Waals surface area (Å²) < 4.78 is 51.2. The maximum Gasteiger partial charge on any atom is 0.573 e. The zero-order valence-corrected chi connectivity index (χ0v) is 16.5. The van der Waals surface area contributed by atoms with Crippen LogP contribution in [0, 0.1) is 0 Å². The molecule has 1 heterocycles. The number of halogens is 3. The molecule has 1 aliphatic rings. The Balaban J connectivity index is 1.41. The van der Waals surface area contributed by atoms with Crippen LogP contribution in [-0.2, 0) is 16.8 Å². The van der Waals surface area contributed by atoms with Crippen LogP contribution in [0.25, 0.3) is 11.3 Å². The van der Waals surface area contributed by atoms with Crippen LogP contribution >= 0.6 is 0 Å². The second-order valence-corrected chi connectivity index (χ2v) is 7.26. The number of benzene rings is 2. The Morgan fingerprint density at radius 1 is 1.13 bits per heavy atom. The van der Waals surface area contributed by atoms with Crippen LogP contribution in [0.1, 0.15) is 24.1 Å². The summed E-state index contributed by atoms with van der Waals surface area (Å²) in [4.78, 5) is 12.8. The van der Waals surface area contributed by atoms with Crippen molar-refractivity contribution in [1.82, 2.24) is 10.5 Å². The van der Waals surface area contributed by atoms with Crippen molar-refractivity contribution >= 4 is 5.91 Å². The van der Waals surface area contributed by atoms with Gasteiger partial charge in [-0.3, -0.25) is 4.79 Å². The van der Waals surface area contributed by atoms with E-state index in [2.05, 4.69) is 15.2 Å².